The fraction of sp³-hybridized carbons (Fsp3) is 0.375. The monoisotopic (exact) mass is 404 g/mol. The minimum absolute atomic E-state index is 0. The van der Waals surface area contributed by atoms with Crippen LogP contribution in [0.5, 0.6) is 0 Å². The summed E-state index contributed by atoms with van der Waals surface area (Å²) >= 11 is 0. The van der Waals surface area contributed by atoms with Crippen molar-refractivity contribution in [2.24, 2.45) is 4.99 Å². The molecule has 3 rings (SSSR count). The zero-order chi connectivity index (χ0) is 16.4. The first-order valence-electron chi connectivity index (χ1n) is 7.36. The van der Waals surface area contributed by atoms with Gasteiger partial charge in [-0.15, -0.1) is 6.07 Å². The maximum Gasteiger partial charge on any atom is 0.324 e. The van der Waals surface area contributed by atoms with Gasteiger partial charge >= 0.3 is 5.69 Å². The third kappa shape index (κ3) is 3.92. The number of aromatic amines is 1. The molecule has 0 spiro atoms. The zero-order valence-corrected chi connectivity index (χ0v) is 15.9. The van der Waals surface area contributed by atoms with E-state index in [1.807, 2.05) is 19.1 Å². The van der Waals surface area contributed by atoms with Crippen LogP contribution in [-0.2, 0) is 37.4 Å². The maximum absolute atomic E-state index is 12.2. The average Bonchev–Trinajstić information content (AvgIpc) is 2.84. The number of ether oxygens (including phenoxy) is 1. The fourth-order valence-electron chi connectivity index (χ4n) is 2.51. The summed E-state index contributed by atoms with van der Waals surface area (Å²) in [6.07, 6.45) is -1.77. The molecule has 0 bridgehead atoms. The molecule has 1 aliphatic heterocycles. The Morgan fingerprint density at radius 2 is 2.12 bits per heavy atom. The van der Waals surface area contributed by atoms with E-state index < -0.39 is 30.2 Å². The van der Waals surface area contributed by atoms with Crippen LogP contribution in [0.1, 0.15) is 19.6 Å². The molecule has 0 saturated carbocycles. The molecule has 3 N–H and O–H groups in total. The summed E-state index contributed by atoms with van der Waals surface area (Å²) in [6, 6.07) is 12.8. The van der Waals surface area contributed by atoms with E-state index in [9.17, 15) is 15.0 Å². The molecule has 2 aromatic rings. The number of aliphatic hydroxyl groups is 2. The number of nitrogens with zero attached hydrogens (tertiary/aromatic N) is 2. The number of hydrogen-bond acceptors (Lipinski definition) is 5. The summed E-state index contributed by atoms with van der Waals surface area (Å²) in [5, 5.41) is 19.9. The van der Waals surface area contributed by atoms with Crippen LogP contribution in [0.4, 0.5) is 5.69 Å². The molecule has 1 fully saturated rings. The Morgan fingerprint density at radius 3 is 2.71 bits per heavy atom. The molecule has 1 aromatic carbocycles. The van der Waals surface area contributed by atoms with E-state index in [1.165, 1.54) is 6.20 Å². The second kappa shape index (κ2) is 8.31. The van der Waals surface area contributed by atoms with Crippen molar-refractivity contribution in [3.8, 4) is 0 Å². The van der Waals surface area contributed by atoms with E-state index in [0.717, 1.165) is 4.57 Å². The SMILES string of the molecule is CC[C@H]1O[C@@H](n2c[c-]c(=Nc3[c-]cccc3)[nH]c2=O)C(O)[C@H]1O.[Y]. The number of H-pyrrole nitrogens is 1. The minimum Gasteiger partial charge on any atom is -0.410 e. The van der Waals surface area contributed by atoms with Crippen molar-refractivity contribution in [1.29, 1.82) is 0 Å². The van der Waals surface area contributed by atoms with Crippen LogP contribution in [0.3, 0.4) is 0 Å². The van der Waals surface area contributed by atoms with Gasteiger partial charge in [0.15, 0.2) is 6.23 Å². The van der Waals surface area contributed by atoms with Gasteiger partial charge in [0.25, 0.3) is 0 Å². The molecular formula is C16H17N3O4Y-2. The summed E-state index contributed by atoms with van der Waals surface area (Å²) in [5.41, 5.74) is 0.302. The Kier molecular flexibility index (Phi) is 6.65. The van der Waals surface area contributed by atoms with Crippen molar-refractivity contribution in [3.05, 3.63) is 58.6 Å². The third-order valence-corrected chi connectivity index (χ3v) is 3.74. The first kappa shape index (κ1) is 19.2. The molecule has 1 radical (unpaired) electrons. The zero-order valence-electron chi connectivity index (χ0n) is 13.1. The molecule has 7 nitrogen and oxygen atoms in total. The molecule has 125 valence electrons. The standard InChI is InChI=1S/C16H17N3O4.Y/c1-2-11-13(20)14(21)15(23-11)19-9-8-12(18-16(19)22)17-10-6-4-3-5-7-10;/h3-6,9,11,13-15,20-21H,2H2,1H3,(H,17,18,22);/q-2;/t11-,13+,14?,15-;/m1./s1. The fourth-order valence-corrected chi connectivity index (χ4v) is 2.51. The van der Waals surface area contributed by atoms with E-state index in [1.54, 1.807) is 12.1 Å². The number of hydrogen-bond donors (Lipinski definition) is 3. The first-order valence-corrected chi connectivity index (χ1v) is 7.36. The summed E-state index contributed by atoms with van der Waals surface area (Å²) in [6.45, 7) is 1.84. The Labute approximate surface area is 163 Å². The van der Waals surface area contributed by atoms with Crippen molar-refractivity contribution in [1.82, 2.24) is 9.55 Å². The van der Waals surface area contributed by atoms with E-state index >= 15 is 0 Å². The predicted octanol–water partition coefficient (Wildman–Crippen LogP) is 0.0359. The van der Waals surface area contributed by atoms with Crippen LogP contribution in [0, 0.1) is 12.1 Å². The third-order valence-electron chi connectivity index (χ3n) is 3.74. The summed E-state index contributed by atoms with van der Waals surface area (Å²) in [7, 11) is 0. The Bertz CT molecular complexity index is 790. The molecule has 24 heavy (non-hydrogen) atoms. The molecule has 0 aliphatic carbocycles. The summed E-state index contributed by atoms with van der Waals surface area (Å²) in [4.78, 5) is 19.0. The summed E-state index contributed by atoms with van der Waals surface area (Å²) < 4.78 is 6.71. The molecule has 4 atom stereocenters. The van der Waals surface area contributed by atoms with Crippen molar-refractivity contribution < 1.29 is 47.7 Å². The van der Waals surface area contributed by atoms with Gasteiger partial charge in [0.1, 0.15) is 12.2 Å². The van der Waals surface area contributed by atoms with Gasteiger partial charge in [-0.25, -0.2) is 4.79 Å². The van der Waals surface area contributed by atoms with E-state index in [2.05, 4.69) is 22.1 Å². The Hall–Kier alpha value is -1.12. The maximum atomic E-state index is 12.2. The molecule has 0 amide bonds. The predicted molar refractivity (Wildman–Crippen MR) is 80.6 cm³/mol. The molecule has 8 heteroatoms. The van der Waals surface area contributed by atoms with Crippen LogP contribution >= 0.6 is 0 Å². The topological polar surface area (TPSA) is 99.8 Å². The molecular weight excluding hydrogens is 387 g/mol. The van der Waals surface area contributed by atoms with E-state index in [0.29, 0.717) is 12.1 Å². The number of benzene rings is 1. The Balaban J connectivity index is 0.00000208. The quantitative estimate of drug-likeness (QED) is 0.629. The van der Waals surface area contributed by atoms with Gasteiger partial charge in [0.2, 0.25) is 0 Å². The second-order valence-electron chi connectivity index (χ2n) is 5.27. The average molecular weight is 404 g/mol. The van der Waals surface area contributed by atoms with Crippen molar-refractivity contribution >= 4 is 5.69 Å². The van der Waals surface area contributed by atoms with Gasteiger partial charge < -0.3 is 30.6 Å². The number of aliphatic hydroxyl groups excluding tert-OH is 2. The Morgan fingerprint density at radius 1 is 1.33 bits per heavy atom. The number of nitrogens with one attached hydrogen (secondary N) is 1. The first-order chi connectivity index (χ1) is 11.1. The van der Waals surface area contributed by atoms with Gasteiger partial charge in [0.05, 0.1) is 6.10 Å². The van der Waals surface area contributed by atoms with Gasteiger partial charge in [0, 0.05) is 32.7 Å². The van der Waals surface area contributed by atoms with Crippen LogP contribution in [0.25, 0.3) is 0 Å². The molecule has 1 aliphatic rings. The molecule has 1 saturated heterocycles. The second-order valence-corrected chi connectivity index (χ2v) is 5.27. The largest absolute Gasteiger partial charge is 0.410 e. The molecule has 2 heterocycles. The van der Waals surface area contributed by atoms with Crippen molar-refractivity contribution in [3.63, 3.8) is 0 Å². The van der Waals surface area contributed by atoms with Crippen LogP contribution < -0.4 is 11.2 Å². The number of para-hydroxylation sites is 1. The van der Waals surface area contributed by atoms with Gasteiger partial charge in [-0.1, -0.05) is 12.6 Å². The normalized spacial score (nSPS) is 27.0. The van der Waals surface area contributed by atoms with Crippen LogP contribution in [-0.4, -0.2) is 38.1 Å². The van der Waals surface area contributed by atoms with E-state index in [4.69, 9.17) is 4.74 Å². The minimum atomic E-state index is -1.18. The molecule has 1 aromatic heterocycles. The van der Waals surface area contributed by atoms with Gasteiger partial charge in [-0.05, 0) is 11.9 Å². The van der Waals surface area contributed by atoms with Crippen molar-refractivity contribution in [2.75, 3.05) is 0 Å². The number of aromatic nitrogens is 2. The van der Waals surface area contributed by atoms with Crippen LogP contribution in [0.2, 0.25) is 0 Å². The van der Waals surface area contributed by atoms with Gasteiger partial charge in [-0.3, -0.25) is 4.99 Å². The van der Waals surface area contributed by atoms with Crippen molar-refractivity contribution in [2.45, 2.75) is 37.9 Å². The smallest absolute Gasteiger partial charge is 0.324 e. The van der Waals surface area contributed by atoms with Crippen LogP contribution in [0.15, 0.2) is 40.2 Å². The van der Waals surface area contributed by atoms with Gasteiger partial charge in [-0.2, -0.15) is 30.5 Å². The van der Waals surface area contributed by atoms with E-state index in [-0.39, 0.29) is 38.2 Å². The molecule has 1 unspecified atom stereocenters. The summed E-state index contributed by atoms with van der Waals surface area (Å²) in [5.74, 6) is 0. The number of rotatable bonds is 3.